The molecule has 0 aliphatic carbocycles. The van der Waals surface area contributed by atoms with Crippen molar-refractivity contribution in [2.45, 2.75) is 68.6 Å². The van der Waals surface area contributed by atoms with E-state index in [9.17, 15) is 14.7 Å². The number of phenolic OH excluding ortho intramolecular Hbond substituents is 1. The van der Waals surface area contributed by atoms with E-state index >= 15 is 0 Å². The Hall–Kier alpha value is -0.990. The van der Waals surface area contributed by atoms with Crippen molar-refractivity contribution in [1.29, 1.82) is 0 Å². The number of carbonyl (C=O) groups is 2. The van der Waals surface area contributed by atoms with Crippen LogP contribution in [0, 0.1) is 0 Å². The number of aromatic hydroxyl groups is 1. The second kappa shape index (κ2) is 12.9. The summed E-state index contributed by atoms with van der Waals surface area (Å²) in [6.07, 6.45) is 4.41. The van der Waals surface area contributed by atoms with Gasteiger partial charge in [-0.15, -0.1) is 23.5 Å². The molecule has 0 spiro atoms. The molecule has 2 rings (SSSR count). The highest BCUT2D eigenvalue weighted by Gasteiger charge is 2.36. The van der Waals surface area contributed by atoms with Gasteiger partial charge in [-0.2, -0.15) is 11.8 Å². The summed E-state index contributed by atoms with van der Waals surface area (Å²) in [5.41, 5.74) is 1.08. The molecule has 1 aromatic carbocycles. The van der Waals surface area contributed by atoms with E-state index in [0.717, 1.165) is 48.5 Å². The van der Waals surface area contributed by atoms with Crippen molar-refractivity contribution in [3.8, 4) is 11.5 Å². The first-order valence-electron chi connectivity index (χ1n) is 10.9. The van der Waals surface area contributed by atoms with E-state index in [2.05, 4.69) is 6.92 Å². The second-order valence-electron chi connectivity index (χ2n) is 7.95. The van der Waals surface area contributed by atoms with Crippen LogP contribution >= 0.6 is 35.3 Å². The number of hydrogen-bond acceptors (Lipinski definition) is 7. The van der Waals surface area contributed by atoms with E-state index in [1.807, 2.05) is 42.2 Å². The largest absolute Gasteiger partial charge is 0.507 e. The van der Waals surface area contributed by atoms with Crippen LogP contribution in [0.2, 0.25) is 0 Å². The van der Waals surface area contributed by atoms with Crippen LogP contribution in [0.25, 0.3) is 0 Å². The summed E-state index contributed by atoms with van der Waals surface area (Å²) >= 11 is 5.90. The third-order valence-corrected chi connectivity index (χ3v) is 10.2. The summed E-state index contributed by atoms with van der Waals surface area (Å²) in [7, 11) is 0. The molecule has 0 saturated carbocycles. The molecular weight excluding hydrogens is 452 g/mol. The first-order chi connectivity index (χ1) is 14.8. The Labute approximate surface area is 198 Å². The molecule has 1 aliphatic heterocycles. The SMILES string of the molecule is CCCc1c(OCCCSCC2CSC(C)(CCCC(=O)O)S2)ccc(C(C)=O)c1O. The van der Waals surface area contributed by atoms with Gasteiger partial charge in [0, 0.05) is 28.7 Å². The highest BCUT2D eigenvalue weighted by atomic mass is 32.2. The molecule has 2 unspecified atom stereocenters. The van der Waals surface area contributed by atoms with E-state index < -0.39 is 5.97 Å². The lowest BCUT2D eigenvalue weighted by Crippen LogP contribution is -2.13. The average molecular weight is 487 g/mol. The van der Waals surface area contributed by atoms with Crippen LogP contribution in [-0.2, 0) is 11.2 Å². The zero-order valence-corrected chi connectivity index (χ0v) is 21.1. The van der Waals surface area contributed by atoms with Crippen LogP contribution in [0.5, 0.6) is 11.5 Å². The topological polar surface area (TPSA) is 83.8 Å². The van der Waals surface area contributed by atoms with Crippen molar-refractivity contribution < 1.29 is 24.5 Å². The first-order valence-corrected chi connectivity index (χ1v) is 13.9. The number of carbonyl (C=O) groups excluding carboxylic acids is 1. The molecule has 31 heavy (non-hydrogen) atoms. The molecule has 8 heteroatoms. The zero-order chi connectivity index (χ0) is 22.9. The van der Waals surface area contributed by atoms with Gasteiger partial charge in [-0.05, 0) is 57.4 Å². The van der Waals surface area contributed by atoms with Gasteiger partial charge in [-0.25, -0.2) is 0 Å². The number of carboxylic acid groups (broad SMARTS) is 1. The summed E-state index contributed by atoms with van der Waals surface area (Å²) < 4.78 is 6.08. The molecule has 0 radical (unpaired) electrons. The Morgan fingerprint density at radius 3 is 2.77 bits per heavy atom. The van der Waals surface area contributed by atoms with E-state index in [-0.39, 0.29) is 22.0 Å². The molecule has 1 saturated heterocycles. The van der Waals surface area contributed by atoms with Gasteiger partial charge in [-0.1, -0.05) is 13.3 Å². The minimum atomic E-state index is -0.710. The molecule has 2 atom stereocenters. The molecule has 2 N–H and O–H groups in total. The third kappa shape index (κ3) is 8.46. The highest BCUT2D eigenvalue weighted by Crippen LogP contribution is 2.51. The standard InChI is InChI=1S/C23H34O5S3/c1-4-7-19-20(10-9-18(16(2)24)22(19)27)28-12-6-13-29-14-17-15-30-23(3,31-17)11-5-8-21(25)26/h9-10,17,27H,4-8,11-15H2,1-3H3,(H,25,26). The monoisotopic (exact) mass is 486 g/mol. The van der Waals surface area contributed by atoms with E-state index in [0.29, 0.717) is 29.6 Å². The molecule has 1 aliphatic rings. The van der Waals surface area contributed by atoms with Gasteiger partial charge < -0.3 is 14.9 Å². The molecule has 174 valence electrons. The van der Waals surface area contributed by atoms with Gasteiger partial charge in [0.25, 0.3) is 0 Å². The fourth-order valence-electron chi connectivity index (χ4n) is 3.55. The fourth-order valence-corrected chi connectivity index (χ4v) is 8.40. The van der Waals surface area contributed by atoms with Crippen molar-refractivity contribution in [3.05, 3.63) is 23.3 Å². The normalized spacial score (nSPS) is 20.7. The van der Waals surface area contributed by atoms with Crippen molar-refractivity contribution in [2.24, 2.45) is 0 Å². The van der Waals surface area contributed by atoms with Crippen LogP contribution in [0.1, 0.15) is 68.8 Å². The Morgan fingerprint density at radius 1 is 1.32 bits per heavy atom. The van der Waals surface area contributed by atoms with E-state index in [1.54, 1.807) is 12.1 Å². The van der Waals surface area contributed by atoms with Gasteiger partial charge >= 0.3 is 5.97 Å². The zero-order valence-electron chi connectivity index (χ0n) is 18.6. The number of hydrogen-bond donors (Lipinski definition) is 2. The van der Waals surface area contributed by atoms with Crippen LogP contribution in [-0.4, -0.2) is 55.2 Å². The molecule has 0 amide bonds. The molecule has 0 aromatic heterocycles. The van der Waals surface area contributed by atoms with Crippen molar-refractivity contribution >= 4 is 47.0 Å². The summed E-state index contributed by atoms with van der Waals surface area (Å²) in [5.74, 6) is 3.12. The smallest absolute Gasteiger partial charge is 0.303 e. The lowest BCUT2D eigenvalue weighted by molar-refractivity contribution is -0.137. The van der Waals surface area contributed by atoms with Gasteiger partial charge in [0.05, 0.1) is 16.2 Å². The number of thioether (sulfide) groups is 3. The van der Waals surface area contributed by atoms with Crippen LogP contribution in [0.3, 0.4) is 0 Å². The van der Waals surface area contributed by atoms with Crippen LogP contribution < -0.4 is 4.74 Å². The minimum absolute atomic E-state index is 0.0587. The first kappa shape index (κ1) is 26.3. The second-order valence-corrected chi connectivity index (χ2v) is 12.7. The van der Waals surface area contributed by atoms with Crippen LogP contribution in [0.4, 0.5) is 0 Å². The van der Waals surface area contributed by atoms with Crippen molar-refractivity contribution in [3.63, 3.8) is 0 Å². The maximum atomic E-state index is 11.7. The molecule has 1 heterocycles. The predicted octanol–water partition coefficient (Wildman–Crippen LogP) is 5.87. The number of ether oxygens (including phenoxy) is 1. The Bertz CT molecular complexity index is 755. The third-order valence-electron chi connectivity index (χ3n) is 5.13. The Kier molecular flexibility index (Phi) is 10.9. The molecule has 5 nitrogen and oxygen atoms in total. The Morgan fingerprint density at radius 2 is 2.10 bits per heavy atom. The number of ketones is 1. The number of Topliss-reactive ketones (excluding diaryl/α,β-unsaturated/α-hetero) is 1. The number of benzene rings is 1. The quantitative estimate of drug-likeness (QED) is 0.249. The van der Waals surface area contributed by atoms with Gasteiger partial charge in [-0.3, -0.25) is 9.59 Å². The van der Waals surface area contributed by atoms with Crippen molar-refractivity contribution in [1.82, 2.24) is 0 Å². The van der Waals surface area contributed by atoms with Crippen molar-refractivity contribution in [2.75, 3.05) is 23.9 Å². The lowest BCUT2D eigenvalue weighted by atomic mass is 10.0. The predicted molar refractivity (Wildman–Crippen MR) is 133 cm³/mol. The molecular formula is C23H34O5S3. The summed E-state index contributed by atoms with van der Waals surface area (Å²) in [4.78, 5) is 22.4. The lowest BCUT2D eigenvalue weighted by Gasteiger charge is -2.22. The van der Waals surface area contributed by atoms with E-state index in [4.69, 9.17) is 9.84 Å². The van der Waals surface area contributed by atoms with E-state index in [1.165, 1.54) is 6.92 Å². The molecule has 0 bridgehead atoms. The highest BCUT2D eigenvalue weighted by molar-refractivity contribution is 8.22. The number of phenols is 1. The maximum Gasteiger partial charge on any atom is 0.303 e. The average Bonchev–Trinajstić information content (AvgIpc) is 3.07. The summed E-state index contributed by atoms with van der Waals surface area (Å²) in [5, 5.41) is 19.8. The van der Waals surface area contributed by atoms with Gasteiger partial charge in [0.1, 0.15) is 11.5 Å². The van der Waals surface area contributed by atoms with Gasteiger partial charge in [0.15, 0.2) is 5.78 Å². The molecule has 1 fully saturated rings. The number of carboxylic acids is 1. The number of aliphatic carboxylic acids is 1. The summed E-state index contributed by atoms with van der Waals surface area (Å²) in [6, 6.07) is 3.44. The Balaban J connectivity index is 1.69. The molecule has 1 aromatic rings. The minimum Gasteiger partial charge on any atom is -0.507 e. The maximum absolute atomic E-state index is 11.7. The van der Waals surface area contributed by atoms with Crippen LogP contribution in [0.15, 0.2) is 12.1 Å². The number of rotatable bonds is 14. The summed E-state index contributed by atoms with van der Waals surface area (Å²) in [6.45, 7) is 6.32. The fraction of sp³-hybridized carbons (Fsp3) is 0.652. The van der Waals surface area contributed by atoms with Gasteiger partial charge in [0.2, 0.25) is 0 Å².